The molecule has 1 rings (SSSR count). The fraction of sp³-hybridized carbons (Fsp3) is 0.333. The van der Waals surface area contributed by atoms with Crippen LogP contribution < -0.4 is 0 Å². The first kappa shape index (κ1) is 9.33. The quantitative estimate of drug-likeness (QED) is 0.633. The van der Waals surface area contributed by atoms with E-state index in [0.717, 1.165) is 0 Å². The molecule has 0 aliphatic carbocycles. The van der Waals surface area contributed by atoms with Crippen molar-refractivity contribution in [1.29, 1.82) is 5.26 Å². The summed E-state index contributed by atoms with van der Waals surface area (Å²) in [4.78, 5) is 18.8. The van der Waals surface area contributed by atoms with Crippen LogP contribution in [0.3, 0.4) is 0 Å². The van der Waals surface area contributed by atoms with E-state index in [4.69, 9.17) is 5.26 Å². The van der Waals surface area contributed by atoms with Gasteiger partial charge in [0.1, 0.15) is 6.07 Å². The van der Waals surface area contributed by atoms with Crippen LogP contribution in [0.5, 0.6) is 0 Å². The Morgan fingerprint density at radius 3 is 2.38 bits per heavy atom. The van der Waals surface area contributed by atoms with Gasteiger partial charge >= 0.3 is 0 Å². The van der Waals surface area contributed by atoms with Gasteiger partial charge in [-0.05, 0) is 0 Å². The van der Waals surface area contributed by atoms with Gasteiger partial charge in [-0.2, -0.15) is 5.26 Å². The number of carbonyl (C=O) groups is 1. The third kappa shape index (κ3) is 2.09. The maximum absolute atomic E-state index is 11.4. The molecule has 4 heteroatoms. The average molecular weight is 175 g/mol. The number of hydrogen-bond donors (Lipinski definition) is 0. The van der Waals surface area contributed by atoms with Crippen LogP contribution in [0.4, 0.5) is 0 Å². The maximum Gasteiger partial charge on any atom is 0.232 e. The monoisotopic (exact) mass is 175 g/mol. The van der Waals surface area contributed by atoms with E-state index in [0.29, 0.717) is 5.56 Å². The highest BCUT2D eigenvalue weighted by atomic mass is 16.1. The first-order valence-electron chi connectivity index (χ1n) is 3.91. The van der Waals surface area contributed by atoms with Gasteiger partial charge in [-0.3, -0.25) is 4.79 Å². The van der Waals surface area contributed by atoms with Crippen LogP contribution in [0.25, 0.3) is 0 Å². The van der Waals surface area contributed by atoms with Gasteiger partial charge in [-0.1, -0.05) is 13.8 Å². The first-order valence-corrected chi connectivity index (χ1v) is 3.91. The number of Topliss-reactive ketones (excluding diaryl/α,β-unsaturated/α-hetero) is 1. The van der Waals surface area contributed by atoms with Crippen LogP contribution in [-0.2, 0) is 0 Å². The van der Waals surface area contributed by atoms with Gasteiger partial charge < -0.3 is 0 Å². The van der Waals surface area contributed by atoms with E-state index in [1.807, 2.05) is 0 Å². The molecule has 0 saturated carbocycles. The summed E-state index contributed by atoms with van der Waals surface area (Å²) >= 11 is 0. The molecule has 0 spiro atoms. The highest BCUT2D eigenvalue weighted by molar-refractivity contribution is 5.96. The second-order valence-electron chi connectivity index (χ2n) is 2.93. The molecule has 1 aromatic rings. The van der Waals surface area contributed by atoms with Crippen LogP contribution in [-0.4, -0.2) is 15.8 Å². The second-order valence-corrected chi connectivity index (χ2v) is 2.93. The van der Waals surface area contributed by atoms with E-state index < -0.39 is 0 Å². The third-order valence-electron chi connectivity index (χ3n) is 1.56. The average Bonchev–Trinajstić information content (AvgIpc) is 2.17. The largest absolute Gasteiger partial charge is 0.294 e. The summed E-state index contributed by atoms with van der Waals surface area (Å²) in [6.45, 7) is 3.61. The van der Waals surface area contributed by atoms with Crippen molar-refractivity contribution in [2.45, 2.75) is 13.8 Å². The molecule has 0 N–H and O–H groups in total. The van der Waals surface area contributed by atoms with Gasteiger partial charge in [0.05, 0.1) is 5.56 Å². The van der Waals surface area contributed by atoms with Gasteiger partial charge in [0.25, 0.3) is 0 Å². The normalized spacial score (nSPS) is 9.69. The number of carbonyl (C=O) groups excluding carboxylic acids is 1. The fourth-order valence-electron chi connectivity index (χ4n) is 0.846. The molecule has 13 heavy (non-hydrogen) atoms. The minimum Gasteiger partial charge on any atom is -0.294 e. The molecule has 0 bridgehead atoms. The summed E-state index contributed by atoms with van der Waals surface area (Å²) in [7, 11) is 0. The third-order valence-corrected chi connectivity index (χ3v) is 1.56. The fourth-order valence-corrected chi connectivity index (χ4v) is 0.846. The van der Waals surface area contributed by atoms with E-state index in [2.05, 4.69) is 9.97 Å². The van der Waals surface area contributed by atoms with Crippen molar-refractivity contribution in [3.63, 3.8) is 0 Å². The lowest BCUT2D eigenvalue weighted by molar-refractivity contribution is 0.0938. The van der Waals surface area contributed by atoms with Crippen molar-refractivity contribution in [2.24, 2.45) is 5.92 Å². The van der Waals surface area contributed by atoms with Crippen molar-refractivity contribution >= 4 is 5.78 Å². The van der Waals surface area contributed by atoms with Crippen LogP contribution >= 0.6 is 0 Å². The number of hydrogen-bond acceptors (Lipinski definition) is 4. The number of nitrogens with zero attached hydrogens (tertiary/aromatic N) is 3. The minimum atomic E-state index is -0.0727. The number of aromatic nitrogens is 2. The van der Waals surface area contributed by atoms with Crippen molar-refractivity contribution in [1.82, 2.24) is 9.97 Å². The Morgan fingerprint density at radius 2 is 2.00 bits per heavy atom. The van der Waals surface area contributed by atoms with Crippen LogP contribution in [0.1, 0.15) is 30.0 Å². The van der Waals surface area contributed by atoms with Gasteiger partial charge in [0.2, 0.25) is 5.82 Å². The van der Waals surface area contributed by atoms with Crippen molar-refractivity contribution in [3.8, 4) is 6.07 Å². The number of rotatable bonds is 2. The molecule has 0 aliphatic heterocycles. The van der Waals surface area contributed by atoms with Crippen molar-refractivity contribution in [2.75, 3.05) is 0 Å². The van der Waals surface area contributed by atoms with Crippen LogP contribution in [0.15, 0.2) is 12.4 Å². The zero-order valence-corrected chi connectivity index (χ0v) is 7.48. The Hall–Kier alpha value is -1.76. The Balaban J connectivity index is 2.94. The lowest BCUT2D eigenvalue weighted by Gasteiger charge is -2.01. The second kappa shape index (κ2) is 3.76. The van der Waals surface area contributed by atoms with Crippen molar-refractivity contribution in [3.05, 3.63) is 23.8 Å². The van der Waals surface area contributed by atoms with Gasteiger partial charge in [-0.25, -0.2) is 9.97 Å². The van der Waals surface area contributed by atoms with Gasteiger partial charge in [0.15, 0.2) is 5.78 Å². The summed E-state index contributed by atoms with van der Waals surface area (Å²) in [6, 6.07) is 1.79. The molecule has 66 valence electrons. The molecular formula is C9H9N3O. The van der Waals surface area contributed by atoms with E-state index in [9.17, 15) is 4.79 Å². The lowest BCUT2D eigenvalue weighted by atomic mass is 10.0. The van der Waals surface area contributed by atoms with Crippen molar-refractivity contribution < 1.29 is 4.79 Å². The lowest BCUT2D eigenvalue weighted by Crippen LogP contribution is -2.08. The van der Waals surface area contributed by atoms with E-state index in [-0.39, 0.29) is 17.5 Å². The van der Waals surface area contributed by atoms with E-state index >= 15 is 0 Å². The maximum atomic E-state index is 11.4. The highest BCUT2D eigenvalue weighted by Gasteiger charge is 2.10. The molecule has 0 aromatic carbocycles. The van der Waals surface area contributed by atoms with Gasteiger partial charge in [-0.15, -0.1) is 0 Å². The number of nitriles is 1. The molecule has 1 aromatic heterocycles. The SMILES string of the molecule is CC(C)C(=O)c1cnc(C#N)nc1. The molecule has 0 fully saturated rings. The molecule has 0 saturated heterocycles. The molecule has 0 amide bonds. The molecule has 0 unspecified atom stereocenters. The Kier molecular flexibility index (Phi) is 2.70. The minimum absolute atomic E-state index is 0.00973. The highest BCUT2D eigenvalue weighted by Crippen LogP contribution is 2.05. The molecule has 1 heterocycles. The predicted molar refractivity (Wildman–Crippen MR) is 45.9 cm³/mol. The summed E-state index contributed by atoms with van der Waals surface area (Å²) in [6.07, 6.45) is 2.77. The van der Waals surface area contributed by atoms with E-state index in [1.165, 1.54) is 12.4 Å². The zero-order valence-electron chi connectivity index (χ0n) is 7.48. The van der Waals surface area contributed by atoms with Crippen LogP contribution in [0, 0.1) is 17.2 Å². The summed E-state index contributed by atoms with van der Waals surface area (Å²) in [5.41, 5.74) is 0.453. The molecule has 0 radical (unpaired) electrons. The Morgan fingerprint density at radius 1 is 1.46 bits per heavy atom. The number of ketones is 1. The summed E-state index contributed by atoms with van der Waals surface area (Å²) < 4.78 is 0. The summed E-state index contributed by atoms with van der Waals surface area (Å²) in [5.74, 6) is 0.00123. The predicted octanol–water partition coefficient (Wildman–Crippen LogP) is 1.19. The zero-order chi connectivity index (χ0) is 9.84. The molecule has 4 nitrogen and oxygen atoms in total. The summed E-state index contributed by atoms with van der Waals surface area (Å²) in [5, 5.41) is 8.42. The van der Waals surface area contributed by atoms with E-state index in [1.54, 1.807) is 19.9 Å². The van der Waals surface area contributed by atoms with Gasteiger partial charge in [0, 0.05) is 18.3 Å². The molecule has 0 atom stereocenters. The van der Waals surface area contributed by atoms with Crippen LogP contribution in [0.2, 0.25) is 0 Å². The molecular weight excluding hydrogens is 166 g/mol. The Labute approximate surface area is 76.2 Å². The topological polar surface area (TPSA) is 66.6 Å². The smallest absolute Gasteiger partial charge is 0.232 e. The Bertz CT molecular complexity index is 348. The molecule has 0 aliphatic rings. The standard InChI is InChI=1S/C9H9N3O/c1-6(2)9(13)7-4-11-8(3-10)12-5-7/h4-6H,1-2H3. The first-order chi connectivity index (χ1) is 6.15.